The molecule has 8 aromatic carbocycles. The van der Waals surface area contributed by atoms with Gasteiger partial charge in [0.15, 0.2) is 5.82 Å². The van der Waals surface area contributed by atoms with Crippen molar-refractivity contribution in [2.75, 3.05) is 0 Å². The molecule has 0 N–H and O–H groups in total. The van der Waals surface area contributed by atoms with Crippen LogP contribution in [0.3, 0.4) is 0 Å². The Morgan fingerprint density at radius 2 is 0.515 bits per heavy atom. The van der Waals surface area contributed by atoms with E-state index in [4.69, 9.17) is 19.9 Å². The molecule has 68 heavy (non-hydrogen) atoms. The lowest BCUT2D eigenvalue weighted by atomic mass is 9.93. The monoisotopic (exact) mass is 870 g/mol. The molecule has 0 aliphatic carbocycles. The van der Waals surface area contributed by atoms with Crippen molar-refractivity contribution in [1.82, 2.24) is 19.9 Å². The van der Waals surface area contributed by atoms with Crippen LogP contribution in [0.2, 0.25) is 0 Å². The van der Waals surface area contributed by atoms with Gasteiger partial charge in [-0.2, -0.15) is 0 Å². The predicted molar refractivity (Wildman–Crippen MR) is 281 cm³/mol. The summed E-state index contributed by atoms with van der Waals surface area (Å²) >= 11 is 0. The Labute approximate surface area is 398 Å². The summed E-state index contributed by atoms with van der Waals surface area (Å²) < 4.78 is 0. The van der Waals surface area contributed by atoms with Gasteiger partial charge in [-0.1, -0.05) is 170 Å². The van der Waals surface area contributed by atoms with Crippen LogP contribution in [-0.4, -0.2) is 19.9 Å². The number of hydrogen-bond acceptors (Lipinski definition) is 4. The molecule has 0 aliphatic heterocycles. The number of nitrogens with zero attached hydrogens (tertiary/aromatic N) is 4. The molecule has 4 nitrogen and oxygen atoms in total. The van der Waals surface area contributed by atoms with E-state index in [9.17, 15) is 0 Å². The van der Waals surface area contributed by atoms with Crippen LogP contribution in [0.4, 0.5) is 0 Å². The third kappa shape index (κ3) is 9.04. The molecule has 322 valence electrons. The summed E-state index contributed by atoms with van der Waals surface area (Å²) in [4.78, 5) is 20.5. The second-order valence-electron chi connectivity index (χ2n) is 17.2. The van der Waals surface area contributed by atoms with E-state index in [-0.39, 0.29) is 0 Å². The minimum atomic E-state index is 0.642. The lowest BCUT2D eigenvalue weighted by Gasteiger charge is -2.15. The lowest BCUT2D eigenvalue weighted by Crippen LogP contribution is -1.98. The van der Waals surface area contributed by atoms with Gasteiger partial charge in [0, 0.05) is 39.2 Å². The molecule has 0 fully saturated rings. The van der Waals surface area contributed by atoms with Crippen LogP contribution in [0.5, 0.6) is 0 Å². The highest BCUT2D eigenvalue weighted by Gasteiger charge is 2.17. The quantitative estimate of drug-likeness (QED) is 0.137. The summed E-state index contributed by atoms with van der Waals surface area (Å²) in [7, 11) is 0. The summed E-state index contributed by atoms with van der Waals surface area (Å²) in [5.41, 5.74) is 21.7. The number of benzene rings is 8. The summed E-state index contributed by atoms with van der Waals surface area (Å²) in [6.07, 6.45) is 0. The number of pyridine rings is 2. The van der Waals surface area contributed by atoms with Gasteiger partial charge in [0.05, 0.1) is 22.8 Å². The van der Waals surface area contributed by atoms with Gasteiger partial charge in [-0.15, -0.1) is 0 Å². The van der Waals surface area contributed by atoms with Crippen LogP contribution in [0.15, 0.2) is 243 Å². The van der Waals surface area contributed by atoms with Gasteiger partial charge < -0.3 is 0 Å². The molecule has 0 amide bonds. The maximum atomic E-state index is 5.52. The Morgan fingerprint density at radius 1 is 0.191 bits per heavy atom. The minimum Gasteiger partial charge on any atom is -0.253 e. The topological polar surface area (TPSA) is 51.6 Å². The van der Waals surface area contributed by atoms with Crippen molar-refractivity contribution in [1.29, 1.82) is 0 Å². The molecule has 0 unspecified atom stereocenters. The van der Waals surface area contributed by atoms with E-state index >= 15 is 0 Å². The molecule has 0 aliphatic rings. The van der Waals surface area contributed by atoms with Gasteiger partial charge in [-0.3, -0.25) is 9.97 Å². The summed E-state index contributed by atoms with van der Waals surface area (Å²) in [5.74, 6) is 0.642. The van der Waals surface area contributed by atoms with Crippen LogP contribution in [-0.2, 0) is 0 Å². The van der Waals surface area contributed by atoms with Crippen molar-refractivity contribution in [3.05, 3.63) is 254 Å². The van der Waals surface area contributed by atoms with Crippen LogP contribution >= 0.6 is 0 Å². The predicted octanol–water partition coefficient (Wildman–Crippen LogP) is 16.6. The Balaban J connectivity index is 1.09. The molecule has 11 rings (SSSR count). The molecule has 0 saturated carbocycles. The SMILES string of the molecule is Cc1cccc(-c2ccc(-c3cc(-c4ccccc4)cc(-c4cc(-c5cccc(-c6ccccc6)c5)nc(-c5cc(-c6ccccc6)cc(-c6ccc(-c7cccc(C)n7)cc6)c5)n4)c3)cc2)n1. The minimum absolute atomic E-state index is 0.642. The van der Waals surface area contributed by atoms with Crippen molar-refractivity contribution in [2.24, 2.45) is 0 Å². The average Bonchev–Trinajstić information content (AvgIpc) is 3.41. The zero-order valence-electron chi connectivity index (χ0n) is 37.9. The molecule has 3 heterocycles. The summed E-state index contributed by atoms with van der Waals surface area (Å²) in [6.45, 7) is 4.06. The maximum absolute atomic E-state index is 5.52. The molecule has 0 saturated heterocycles. The zero-order chi connectivity index (χ0) is 45.8. The van der Waals surface area contributed by atoms with E-state index in [0.717, 1.165) is 118 Å². The first-order chi connectivity index (χ1) is 33.5. The van der Waals surface area contributed by atoms with E-state index < -0.39 is 0 Å². The fourth-order valence-corrected chi connectivity index (χ4v) is 8.90. The Kier molecular flexibility index (Phi) is 11.4. The fraction of sp³-hybridized carbons (Fsp3) is 0.0312. The first-order valence-corrected chi connectivity index (χ1v) is 23.0. The molecular formula is C64H46N4. The standard InChI is InChI=1S/C64H46N4/c1-43-15-12-25-60(65-43)50-31-27-48(28-32-50)55-36-54(46-19-8-4-9-20-46)38-58(39-55)63-42-62(53-24-14-23-52(35-53)45-17-6-3-7-18-45)67-64(68-63)59-40-56(47-21-10-5-11-22-47)37-57(41-59)49-29-33-51(34-30-49)61-26-13-16-44(2)66-61/h3-42H,1-2H3. The van der Waals surface area contributed by atoms with Crippen molar-refractivity contribution in [3.63, 3.8) is 0 Å². The Bertz CT molecular complexity index is 3350. The molecule has 11 aromatic rings. The second-order valence-corrected chi connectivity index (χ2v) is 17.2. The largest absolute Gasteiger partial charge is 0.253 e. The highest BCUT2D eigenvalue weighted by molar-refractivity contribution is 5.85. The van der Waals surface area contributed by atoms with Gasteiger partial charge in [-0.25, -0.2) is 9.97 Å². The molecular weight excluding hydrogens is 825 g/mol. The first kappa shape index (κ1) is 41.8. The Morgan fingerprint density at radius 3 is 0.971 bits per heavy atom. The Hall–Kier alpha value is -8.86. The molecule has 3 aromatic heterocycles. The van der Waals surface area contributed by atoms with Crippen molar-refractivity contribution < 1.29 is 0 Å². The van der Waals surface area contributed by atoms with Crippen molar-refractivity contribution in [3.8, 4) is 112 Å². The first-order valence-electron chi connectivity index (χ1n) is 23.0. The molecule has 0 atom stereocenters. The number of hydrogen-bond donors (Lipinski definition) is 0. The molecule has 0 bridgehead atoms. The molecule has 4 heteroatoms. The summed E-state index contributed by atoms with van der Waals surface area (Å²) in [5, 5.41) is 0. The fourth-order valence-electron chi connectivity index (χ4n) is 8.90. The highest BCUT2D eigenvalue weighted by Crippen LogP contribution is 2.38. The van der Waals surface area contributed by atoms with Crippen LogP contribution in [0.1, 0.15) is 11.4 Å². The molecule has 0 radical (unpaired) electrons. The van der Waals surface area contributed by atoms with Gasteiger partial charge >= 0.3 is 0 Å². The summed E-state index contributed by atoms with van der Waals surface area (Å²) in [6, 6.07) is 85.7. The lowest BCUT2D eigenvalue weighted by molar-refractivity contribution is 1.18. The van der Waals surface area contributed by atoms with Crippen molar-refractivity contribution in [2.45, 2.75) is 13.8 Å². The number of aromatic nitrogens is 4. The van der Waals surface area contributed by atoms with Gasteiger partial charge in [-0.05, 0) is 142 Å². The maximum Gasteiger partial charge on any atom is 0.160 e. The van der Waals surface area contributed by atoms with Gasteiger partial charge in [0.1, 0.15) is 0 Å². The number of aryl methyl sites for hydroxylation is 2. The average molecular weight is 871 g/mol. The van der Waals surface area contributed by atoms with E-state index in [1.54, 1.807) is 0 Å². The third-order valence-corrected chi connectivity index (χ3v) is 12.4. The number of rotatable bonds is 10. The second kappa shape index (κ2) is 18.6. The van der Waals surface area contributed by atoms with Crippen LogP contribution < -0.4 is 0 Å². The van der Waals surface area contributed by atoms with Crippen LogP contribution in [0.25, 0.3) is 112 Å². The third-order valence-electron chi connectivity index (χ3n) is 12.4. The van der Waals surface area contributed by atoms with E-state index in [1.807, 2.05) is 26.0 Å². The normalized spacial score (nSPS) is 11.1. The van der Waals surface area contributed by atoms with Gasteiger partial charge in [0.25, 0.3) is 0 Å². The highest BCUT2D eigenvalue weighted by atomic mass is 14.9. The zero-order valence-corrected chi connectivity index (χ0v) is 37.9. The van der Waals surface area contributed by atoms with E-state index in [1.165, 1.54) is 0 Å². The van der Waals surface area contributed by atoms with Crippen LogP contribution in [0, 0.1) is 13.8 Å². The van der Waals surface area contributed by atoms with Crippen molar-refractivity contribution >= 4 is 0 Å². The molecule has 0 spiro atoms. The smallest absolute Gasteiger partial charge is 0.160 e. The van der Waals surface area contributed by atoms with E-state index in [0.29, 0.717) is 5.82 Å². The van der Waals surface area contributed by atoms with E-state index in [2.05, 4.69) is 231 Å². The van der Waals surface area contributed by atoms with Gasteiger partial charge in [0.2, 0.25) is 0 Å².